The highest BCUT2D eigenvalue weighted by atomic mass is 16.5. The van der Waals surface area contributed by atoms with Crippen LogP contribution in [0.25, 0.3) is 0 Å². The molecule has 2 rings (SSSR count). The Morgan fingerprint density at radius 3 is 2.03 bits per heavy atom. The Morgan fingerprint density at radius 1 is 0.828 bits per heavy atom. The highest BCUT2D eigenvalue weighted by Crippen LogP contribution is 2.29. The minimum Gasteiger partial charge on any atom is -0.465 e. The molecule has 1 saturated carbocycles. The molecule has 0 bridgehead atoms. The first-order valence-corrected chi connectivity index (χ1v) is 12.6. The van der Waals surface area contributed by atoms with Gasteiger partial charge in [0.05, 0.1) is 12.5 Å². The summed E-state index contributed by atoms with van der Waals surface area (Å²) >= 11 is 0. The fourth-order valence-electron chi connectivity index (χ4n) is 4.85. The van der Waals surface area contributed by atoms with Crippen LogP contribution in [-0.4, -0.2) is 36.5 Å². The number of likely N-dealkylation sites (tertiary alicyclic amines) is 1. The first-order chi connectivity index (χ1) is 14.2. The number of carbonyl (C=O) groups excluding carboxylic acids is 2. The normalized spacial score (nSPS) is 18.3. The Hall–Kier alpha value is -1.06. The van der Waals surface area contributed by atoms with Crippen molar-refractivity contribution in [1.29, 1.82) is 0 Å². The van der Waals surface area contributed by atoms with Crippen molar-refractivity contribution in [2.45, 2.75) is 116 Å². The molecule has 0 atom stereocenters. The second-order valence-corrected chi connectivity index (χ2v) is 9.34. The summed E-state index contributed by atoms with van der Waals surface area (Å²) in [6.45, 7) is 4.26. The molecule has 2 fully saturated rings. The highest BCUT2D eigenvalue weighted by Gasteiger charge is 2.28. The molecule has 1 aliphatic carbocycles. The van der Waals surface area contributed by atoms with Crippen LogP contribution in [0.3, 0.4) is 0 Å². The van der Waals surface area contributed by atoms with Crippen molar-refractivity contribution in [1.82, 2.24) is 4.90 Å². The van der Waals surface area contributed by atoms with Crippen molar-refractivity contribution < 1.29 is 14.3 Å². The van der Waals surface area contributed by atoms with E-state index in [1.807, 2.05) is 4.90 Å². The standard InChI is InChI=1S/C25H45NO3/c1-2-3-4-5-6-7-8-9-12-21-29-25(28)23-17-19-26(20-18-23)24(27)16-15-22-13-10-11-14-22/h22-23H,2-21H2,1H3. The van der Waals surface area contributed by atoms with Crippen LogP contribution in [0.4, 0.5) is 0 Å². The van der Waals surface area contributed by atoms with E-state index in [4.69, 9.17) is 4.74 Å². The van der Waals surface area contributed by atoms with Crippen LogP contribution >= 0.6 is 0 Å². The summed E-state index contributed by atoms with van der Waals surface area (Å²) in [6, 6.07) is 0. The summed E-state index contributed by atoms with van der Waals surface area (Å²) < 4.78 is 5.51. The fraction of sp³-hybridized carbons (Fsp3) is 0.920. The summed E-state index contributed by atoms with van der Waals surface area (Å²) in [5.74, 6) is 1.01. The largest absolute Gasteiger partial charge is 0.465 e. The van der Waals surface area contributed by atoms with E-state index in [1.165, 1.54) is 70.6 Å². The zero-order valence-corrected chi connectivity index (χ0v) is 19.0. The zero-order chi connectivity index (χ0) is 20.7. The van der Waals surface area contributed by atoms with Gasteiger partial charge in [0.15, 0.2) is 0 Å². The monoisotopic (exact) mass is 407 g/mol. The number of ether oxygens (including phenoxy) is 1. The lowest BCUT2D eigenvalue weighted by atomic mass is 9.96. The van der Waals surface area contributed by atoms with Gasteiger partial charge in [0.2, 0.25) is 5.91 Å². The van der Waals surface area contributed by atoms with Crippen molar-refractivity contribution in [3.8, 4) is 0 Å². The molecule has 1 saturated heterocycles. The van der Waals surface area contributed by atoms with Crippen LogP contribution in [0.5, 0.6) is 0 Å². The fourth-order valence-corrected chi connectivity index (χ4v) is 4.85. The Kier molecular flexibility index (Phi) is 12.4. The molecule has 0 aromatic heterocycles. The SMILES string of the molecule is CCCCCCCCCCCOC(=O)C1CCN(C(=O)CCC2CCCC2)CC1. The van der Waals surface area contributed by atoms with Gasteiger partial charge in [-0.05, 0) is 31.6 Å². The number of hydrogen-bond acceptors (Lipinski definition) is 3. The predicted octanol–water partition coefficient (Wildman–Crippen LogP) is 6.27. The number of unbranched alkanes of at least 4 members (excludes halogenated alkanes) is 8. The maximum atomic E-state index is 12.4. The van der Waals surface area contributed by atoms with E-state index < -0.39 is 0 Å². The first kappa shape index (κ1) is 24.2. The third kappa shape index (κ3) is 10.00. The van der Waals surface area contributed by atoms with E-state index in [0.717, 1.165) is 51.1 Å². The van der Waals surface area contributed by atoms with Crippen LogP contribution < -0.4 is 0 Å². The molecule has 1 aliphatic heterocycles. The molecule has 0 radical (unpaired) electrons. The first-order valence-electron chi connectivity index (χ1n) is 12.6. The van der Waals surface area contributed by atoms with E-state index in [1.54, 1.807) is 0 Å². The van der Waals surface area contributed by atoms with Crippen molar-refractivity contribution in [3.63, 3.8) is 0 Å². The Morgan fingerprint density at radius 2 is 1.41 bits per heavy atom. The topological polar surface area (TPSA) is 46.6 Å². The number of esters is 1. The zero-order valence-electron chi connectivity index (χ0n) is 19.0. The summed E-state index contributed by atoms with van der Waals surface area (Å²) in [7, 11) is 0. The number of carbonyl (C=O) groups is 2. The highest BCUT2D eigenvalue weighted by molar-refractivity contribution is 5.77. The third-order valence-corrected chi connectivity index (χ3v) is 6.91. The lowest BCUT2D eigenvalue weighted by molar-refractivity contribution is -0.151. The Balaban J connectivity index is 1.45. The van der Waals surface area contributed by atoms with Gasteiger partial charge in [-0.3, -0.25) is 9.59 Å². The van der Waals surface area contributed by atoms with E-state index in [2.05, 4.69) is 6.92 Å². The summed E-state index contributed by atoms with van der Waals surface area (Å²) in [4.78, 5) is 26.7. The van der Waals surface area contributed by atoms with Gasteiger partial charge in [0.25, 0.3) is 0 Å². The number of piperidine rings is 1. The number of hydrogen-bond donors (Lipinski definition) is 0. The quantitative estimate of drug-likeness (QED) is 0.252. The number of amides is 1. The molecule has 168 valence electrons. The molecular weight excluding hydrogens is 362 g/mol. The molecular formula is C25H45NO3. The van der Waals surface area contributed by atoms with Gasteiger partial charge in [-0.25, -0.2) is 0 Å². The second kappa shape index (κ2) is 14.8. The van der Waals surface area contributed by atoms with E-state index >= 15 is 0 Å². The lowest BCUT2D eigenvalue weighted by Gasteiger charge is -2.31. The molecule has 4 heteroatoms. The molecule has 0 unspecified atom stereocenters. The van der Waals surface area contributed by atoms with Crippen molar-refractivity contribution in [2.75, 3.05) is 19.7 Å². The molecule has 4 nitrogen and oxygen atoms in total. The summed E-state index contributed by atoms with van der Waals surface area (Å²) in [5.41, 5.74) is 0. The predicted molar refractivity (Wildman–Crippen MR) is 119 cm³/mol. The maximum Gasteiger partial charge on any atom is 0.309 e. The molecule has 0 aromatic carbocycles. The Labute approximate surface area is 179 Å². The molecule has 1 heterocycles. The van der Waals surface area contributed by atoms with Crippen LogP contribution in [0, 0.1) is 11.8 Å². The summed E-state index contributed by atoms with van der Waals surface area (Å²) in [5, 5.41) is 0. The van der Waals surface area contributed by atoms with E-state index in [-0.39, 0.29) is 11.9 Å². The van der Waals surface area contributed by atoms with Gasteiger partial charge < -0.3 is 9.64 Å². The lowest BCUT2D eigenvalue weighted by Crippen LogP contribution is -2.40. The molecule has 0 spiro atoms. The number of nitrogens with zero attached hydrogens (tertiary/aromatic N) is 1. The van der Waals surface area contributed by atoms with Crippen LogP contribution in [0.15, 0.2) is 0 Å². The van der Waals surface area contributed by atoms with Gasteiger partial charge in [0.1, 0.15) is 0 Å². The minimum atomic E-state index is -0.0392. The van der Waals surface area contributed by atoms with Crippen LogP contribution in [0.2, 0.25) is 0 Å². The summed E-state index contributed by atoms with van der Waals surface area (Å²) in [6.07, 6.45) is 20.0. The van der Waals surface area contributed by atoms with E-state index in [9.17, 15) is 9.59 Å². The van der Waals surface area contributed by atoms with Crippen LogP contribution in [0.1, 0.15) is 116 Å². The molecule has 29 heavy (non-hydrogen) atoms. The van der Waals surface area contributed by atoms with Crippen LogP contribution in [-0.2, 0) is 14.3 Å². The molecule has 2 aliphatic rings. The van der Waals surface area contributed by atoms with Crippen molar-refractivity contribution in [2.24, 2.45) is 11.8 Å². The average molecular weight is 408 g/mol. The molecule has 1 amide bonds. The van der Waals surface area contributed by atoms with Gasteiger partial charge in [-0.2, -0.15) is 0 Å². The van der Waals surface area contributed by atoms with Gasteiger partial charge in [-0.15, -0.1) is 0 Å². The third-order valence-electron chi connectivity index (χ3n) is 6.91. The smallest absolute Gasteiger partial charge is 0.309 e. The van der Waals surface area contributed by atoms with Crippen molar-refractivity contribution >= 4 is 11.9 Å². The van der Waals surface area contributed by atoms with E-state index in [0.29, 0.717) is 18.9 Å². The number of rotatable bonds is 14. The Bertz CT molecular complexity index is 451. The molecule has 0 aromatic rings. The van der Waals surface area contributed by atoms with Gasteiger partial charge in [0, 0.05) is 19.5 Å². The van der Waals surface area contributed by atoms with Gasteiger partial charge in [-0.1, -0.05) is 84.0 Å². The average Bonchev–Trinajstić information content (AvgIpc) is 3.27. The van der Waals surface area contributed by atoms with Gasteiger partial charge >= 0.3 is 5.97 Å². The van der Waals surface area contributed by atoms with Crippen molar-refractivity contribution in [3.05, 3.63) is 0 Å². The maximum absolute atomic E-state index is 12.4. The minimum absolute atomic E-state index is 0.00699. The molecule has 0 N–H and O–H groups in total. The second-order valence-electron chi connectivity index (χ2n) is 9.34.